The highest BCUT2D eigenvalue weighted by atomic mass is 16.5. The molecular weight excluding hydrogens is 272 g/mol. The molecule has 0 aromatic heterocycles. The molecule has 2 rings (SSSR count). The zero-order valence-electron chi connectivity index (χ0n) is 12.8. The first-order valence-corrected chi connectivity index (χ1v) is 6.95. The first-order chi connectivity index (χ1) is 10.1. The van der Waals surface area contributed by atoms with Crippen molar-refractivity contribution in [1.29, 1.82) is 0 Å². The van der Waals surface area contributed by atoms with Crippen LogP contribution in [0.5, 0.6) is 5.75 Å². The average molecular weight is 296 g/mol. The van der Waals surface area contributed by atoms with Gasteiger partial charge in [0.15, 0.2) is 0 Å². The van der Waals surface area contributed by atoms with E-state index >= 15 is 0 Å². The lowest BCUT2D eigenvalue weighted by Gasteiger charge is -2.04. The summed E-state index contributed by atoms with van der Waals surface area (Å²) in [5, 5.41) is 12.0. The molecule has 0 bridgehead atoms. The van der Waals surface area contributed by atoms with Gasteiger partial charge in [-0.2, -0.15) is 0 Å². The number of phenols is 1. The number of amides is 1. The van der Waals surface area contributed by atoms with Gasteiger partial charge in [0.2, 0.25) is 0 Å². The van der Waals surface area contributed by atoms with E-state index in [0.29, 0.717) is 0 Å². The summed E-state index contributed by atoms with van der Waals surface area (Å²) in [6, 6.07) is 6.12. The quantitative estimate of drug-likeness (QED) is 0.717. The number of nitrogens with two attached hydrogens (primary N) is 1. The predicted octanol–water partition coefficient (Wildman–Crippen LogP) is 1.43. The van der Waals surface area contributed by atoms with Crippen molar-refractivity contribution in [2.24, 2.45) is 5.73 Å². The molecule has 1 saturated heterocycles. The number of hydrogen-bond acceptors (Lipinski definition) is 5. The highest BCUT2D eigenvalue weighted by Crippen LogP contribution is 2.13. The highest BCUT2D eigenvalue weighted by Gasteiger charge is 2.21. The summed E-state index contributed by atoms with van der Waals surface area (Å²) in [7, 11) is 1.42. The second-order valence-corrected chi connectivity index (χ2v) is 4.05. The monoisotopic (exact) mass is 296 g/mol. The van der Waals surface area contributed by atoms with E-state index in [4.69, 9.17) is 10.8 Å². The molecule has 1 amide bonds. The van der Waals surface area contributed by atoms with E-state index in [1.807, 2.05) is 13.8 Å². The molecule has 6 nitrogen and oxygen atoms in total. The van der Waals surface area contributed by atoms with E-state index < -0.39 is 5.91 Å². The van der Waals surface area contributed by atoms with Gasteiger partial charge in [-0.05, 0) is 31.5 Å². The molecule has 1 aliphatic rings. The van der Waals surface area contributed by atoms with E-state index in [1.54, 1.807) is 12.1 Å². The lowest BCUT2D eigenvalue weighted by atomic mass is 10.2. The van der Waals surface area contributed by atoms with Crippen LogP contribution in [-0.2, 0) is 9.53 Å². The number of benzene rings is 1. The van der Waals surface area contributed by atoms with Crippen LogP contribution in [0, 0.1) is 0 Å². The number of esters is 1. The molecule has 1 heterocycles. The fraction of sp³-hybridized carbons (Fsp3) is 0.467. The Kier molecular flexibility index (Phi) is 9.62. The van der Waals surface area contributed by atoms with E-state index in [9.17, 15) is 9.59 Å². The molecule has 1 aromatic carbocycles. The molecule has 1 unspecified atom stereocenters. The summed E-state index contributed by atoms with van der Waals surface area (Å²) in [4.78, 5) is 21.2. The lowest BCUT2D eigenvalue weighted by molar-refractivity contribution is -0.142. The van der Waals surface area contributed by atoms with E-state index in [1.165, 1.54) is 19.2 Å². The Morgan fingerprint density at radius 3 is 2.33 bits per heavy atom. The Morgan fingerprint density at radius 2 is 1.95 bits per heavy atom. The smallest absolute Gasteiger partial charge is 0.322 e. The molecule has 1 aliphatic heterocycles. The number of ether oxygens (including phenoxy) is 1. The van der Waals surface area contributed by atoms with E-state index in [-0.39, 0.29) is 23.3 Å². The Balaban J connectivity index is 0.000000342. The van der Waals surface area contributed by atoms with E-state index in [0.717, 1.165) is 19.4 Å². The van der Waals surface area contributed by atoms with Gasteiger partial charge in [0, 0.05) is 0 Å². The fourth-order valence-corrected chi connectivity index (χ4v) is 1.71. The normalized spacial score (nSPS) is 15.9. The lowest BCUT2D eigenvalue weighted by Crippen LogP contribution is -2.31. The van der Waals surface area contributed by atoms with Gasteiger partial charge >= 0.3 is 5.97 Å². The molecular formula is C15H24N2O4. The third kappa shape index (κ3) is 6.76. The van der Waals surface area contributed by atoms with Crippen LogP contribution in [-0.4, -0.2) is 36.7 Å². The topological polar surface area (TPSA) is 102 Å². The van der Waals surface area contributed by atoms with Crippen molar-refractivity contribution in [1.82, 2.24) is 5.32 Å². The van der Waals surface area contributed by atoms with Crippen LogP contribution in [0.25, 0.3) is 0 Å². The number of para-hydroxylation sites is 1. The van der Waals surface area contributed by atoms with Crippen LogP contribution in [0.2, 0.25) is 0 Å². The van der Waals surface area contributed by atoms with Crippen molar-refractivity contribution in [3.63, 3.8) is 0 Å². The van der Waals surface area contributed by atoms with Gasteiger partial charge in [0.05, 0.1) is 12.7 Å². The molecule has 1 fully saturated rings. The summed E-state index contributed by atoms with van der Waals surface area (Å²) in [5.74, 6) is -0.819. The summed E-state index contributed by atoms with van der Waals surface area (Å²) >= 11 is 0. The van der Waals surface area contributed by atoms with Crippen LogP contribution >= 0.6 is 0 Å². The Morgan fingerprint density at radius 1 is 1.33 bits per heavy atom. The molecule has 1 aromatic rings. The molecule has 6 heteroatoms. The molecule has 0 saturated carbocycles. The Bertz CT molecular complexity index is 443. The molecule has 21 heavy (non-hydrogen) atoms. The number of aromatic hydroxyl groups is 1. The average Bonchev–Trinajstić information content (AvgIpc) is 3.03. The highest BCUT2D eigenvalue weighted by molar-refractivity contribution is 5.95. The van der Waals surface area contributed by atoms with Crippen molar-refractivity contribution >= 4 is 11.9 Å². The minimum Gasteiger partial charge on any atom is -0.507 e. The van der Waals surface area contributed by atoms with Gasteiger partial charge in [-0.3, -0.25) is 9.59 Å². The van der Waals surface area contributed by atoms with Crippen molar-refractivity contribution in [2.45, 2.75) is 32.7 Å². The number of carbonyl (C=O) groups excluding carboxylic acids is 2. The van der Waals surface area contributed by atoms with Crippen LogP contribution < -0.4 is 11.1 Å². The number of nitrogens with one attached hydrogen (secondary N) is 1. The minimum absolute atomic E-state index is 0.0324. The second-order valence-electron chi connectivity index (χ2n) is 4.05. The molecule has 0 aliphatic carbocycles. The summed E-state index contributed by atoms with van der Waals surface area (Å²) in [6.45, 7) is 4.94. The molecule has 1 atom stereocenters. The van der Waals surface area contributed by atoms with Gasteiger partial charge in [0.1, 0.15) is 11.8 Å². The number of primary amides is 1. The van der Waals surface area contributed by atoms with Crippen LogP contribution in [0.1, 0.15) is 37.0 Å². The Hall–Kier alpha value is -2.08. The number of carbonyl (C=O) groups is 2. The number of methoxy groups -OCH3 is 1. The summed E-state index contributed by atoms with van der Waals surface area (Å²) in [6.07, 6.45) is 2.01. The van der Waals surface area contributed by atoms with Gasteiger partial charge in [-0.1, -0.05) is 26.0 Å². The third-order valence-electron chi connectivity index (χ3n) is 2.72. The van der Waals surface area contributed by atoms with Gasteiger partial charge in [0.25, 0.3) is 5.91 Å². The van der Waals surface area contributed by atoms with Crippen LogP contribution in [0.3, 0.4) is 0 Å². The summed E-state index contributed by atoms with van der Waals surface area (Å²) < 4.78 is 4.53. The van der Waals surface area contributed by atoms with Crippen molar-refractivity contribution < 1.29 is 19.4 Å². The summed E-state index contributed by atoms with van der Waals surface area (Å²) in [5.41, 5.74) is 5.07. The minimum atomic E-state index is -0.613. The van der Waals surface area contributed by atoms with Crippen molar-refractivity contribution in [2.75, 3.05) is 13.7 Å². The maximum atomic E-state index is 10.7. The first-order valence-electron chi connectivity index (χ1n) is 6.95. The first kappa shape index (κ1) is 18.9. The Labute approximate surface area is 125 Å². The number of rotatable bonds is 2. The molecule has 4 N–H and O–H groups in total. The maximum absolute atomic E-state index is 10.7. The maximum Gasteiger partial charge on any atom is 0.322 e. The zero-order chi connectivity index (χ0) is 16.3. The fourth-order valence-electron chi connectivity index (χ4n) is 1.71. The third-order valence-corrected chi connectivity index (χ3v) is 2.72. The number of hydrogen-bond donors (Lipinski definition) is 3. The molecule has 0 spiro atoms. The van der Waals surface area contributed by atoms with Gasteiger partial charge in [-0.15, -0.1) is 0 Å². The SMILES string of the molecule is CC.COC(=O)C1CCCN1.NC(=O)c1ccccc1O. The standard InChI is InChI=1S/C7H7NO2.C6H11NO2.C2H6/c8-7(10)5-3-1-2-4-6(5)9;1-9-6(8)5-3-2-4-7-5;1-2/h1-4,9H,(H2,8,10);5,7H,2-4H2,1H3;1-2H3. The predicted molar refractivity (Wildman–Crippen MR) is 81.0 cm³/mol. The molecule has 118 valence electrons. The van der Waals surface area contributed by atoms with Gasteiger partial charge in [-0.25, -0.2) is 0 Å². The molecule has 0 radical (unpaired) electrons. The van der Waals surface area contributed by atoms with Crippen molar-refractivity contribution in [3.8, 4) is 5.75 Å². The van der Waals surface area contributed by atoms with Crippen LogP contribution in [0.15, 0.2) is 24.3 Å². The van der Waals surface area contributed by atoms with E-state index in [2.05, 4.69) is 10.1 Å². The largest absolute Gasteiger partial charge is 0.507 e. The van der Waals surface area contributed by atoms with Crippen molar-refractivity contribution in [3.05, 3.63) is 29.8 Å². The zero-order valence-corrected chi connectivity index (χ0v) is 12.8. The second kappa shape index (κ2) is 10.7. The van der Waals surface area contributed by atoms with Gasteiger partial charge < -0.3 is 20.9 Å². The van der Waals surface area contributed by atoms with Crippen LogP contribution in [0.4, 0.5) is 0 Å².